The first-order chi connectivity index (χ1) is 10.3. The molecular formula is C19H40O2. The van der Waals surface area contributed by atoms with E-state index in [2.05, 4.69) is 6.92 Å². The van der Waals surface area contributed by atoms with E-state index in [1.807, 2.05) is 0 Å². The lowest BCUT2D eigenvalue weighted by Gasteiger charge is -2.13. The first-order valence-corrected chi connectivity index (χ1v) is 9.56. The van der Waals surface area contributed by atoms with Crippen LogP contribution in [0.2, 0.25) is 0 Å². The van der Waals surface area contributed by atoms with Crippen molar-refractivity contribution in [3.8, 4) is 0 Å². The van der Waals surface area contributed by atoms with Gasteiger partial charge in [0.25, 0.3) is 0 Å². The number of aliphatic hydroxyl groups excluding tert-OH is 2. The summed E-state index contributed by atoms with van der Waals surface area (Å²) in [4.78, 5) is 0. The van der Waals surface area contributed by atoms with Crippen LogP contribution in [0, 0.1) is 5.92 Å². The topological polar surface area (TPSA) is 40.5 Å². The van der Waals surface area contributed by atoms with Crippen LogP contribution in [-0.4, -0.2) is 23.4 Å². The normalized spacial score (nSPS) is 12.7. The molecule has 1 unspecified atom stereocenters. The van der Waals surface area contributed by atoms with Gasteiger partial charge in [-0.05, 0) is 25.2 Å². The molecule has 1 atom stereocenters. The molecule has 0 heterocycles. The molecule has 0 aliphatic heterocycles. The van der Waals surface area contributed by atoms with Gasteiger partial charge in [0, 0.05) is 13.2 Å². The van der Waals surface area contributed by atoms with Crippen LogP contribution in [0.5, 0.6) is 0 Å². The molecule has 0 amide bonds. The number of hydrogen-bond donors (Lipinski definition) is 2. The fraction of sp³-hybridized carbons (Fsp3) is 1.00. The molecule has 0 rings (SSSR count). The zero-order valence-corrected chi connectivity index (χ0v) is 14.5. The van der Waals surface area contributed by atoms with Crippen LogP contribution in [0.1, 0.15) is 103 Å². The van der Waals surface area contributed by atoms with Crippen molar-refractivity contribution in [2.24, 2.45) is 5.92 Å². The molecule has 0 saturated carbocycles. The third-order valence-corrected chi connectivity index (χ3v) is 4.49. The highest BCUT2D eigenvalue weighted by molar-refractivity contribution is 4.59. The van der Waals surface area contributed by atoms with Gasteiger partial charge in [0.1, 0.15) is 0 Å². The lowest BCUT2D eigenvalue weighted by atomic mass is 9.95. The standard InChI is InChI=1S/C19H40O2/c1-2-3-4-9-12-15-19(18-21)16-13-10-7-5-6-8-11-14-17-20/h19-21H,2-18H2,1H3. The Morgan fingerprint density at radius 3 is 1.43 bits per heavy atom. The summed E-state index contributed by atoms with van der Waals surface area (Å²) in [5.41, 5.74) is 0. The van der Waals surface area contributed by atoms with E-state index in [0.29, 0.717) is 19.1 Å². The molecule has 0 saturated heterocycles. The number of rotatable bonds is 17. The van der Waals surface area contributed by atoms with Crippen molar-refractivity contribution in [3.63, 3.8) is 0 Å². The third kappa shape index (κ3) is 16.1. The van der Waals surface area contributed by atoms with Gasteiger partial charge in [-0.2, -0.15) is 0 Å². The molecule has 0 aliphatic carbocycles. The van der Waals surface area contributed by atoms with Gasteiger partial charge in [-0.15, -0.1) is 0 Å². The van der Waals surface area contributed by atoms with Gasteiger partial charge in [0.15, 0.2) is 0 Å². The quantitative estimate of drug-likeness (QED) is 0.350. The maximum atomic E-state index is 9.43. The van der Waals surface area contributed by atoms with Crippen molar-refractivity contribution in [1.29, 1.82) is 0 Å². The number of aliphatic hydroxyl groups is 2. The SMILES string of the molecule is CCCCCCCC(CO)CCCCCCCCCCO. The fourth-order valence-corrected chi connectivity index (χ4v) is 2.97. The van der Waals surface area contributed by atoms with Gasteiger partial charge < -0.3 is 10.2 Å². The highest BCUT2D eigenvalue weighted by Crippen LogP contribution is 2.18. The molecule has 2 heteroatoms. The first kappa shape index (κ1) is 20.9. The zero-order chi connectivity index (χ0) is 15.6. The summed E-state index contributed by atoms with van der Waals surface area (Å²) in [6, 6.07) is 0. The Balaban J connectivity index is 3.26. The van der Waals surface area contributed by atoms with Crippen LogP contribution in [0.3, 0.4) is 0 Å². The monoisotopic (exact) mass is 300 g/mol. The average molecular weight is 301 g/mol. The fourth-order valence-electron chi connectivity index (χ4n) is 2.97. The van der Waals surface area contributed by atoms with Crippen LogP contribution in [0.25, 0.3) is 0 Å². The summed E-state index contributed by atoms with van der Waals surface area (Å²) in [7, 11) is 0. The largest absolute Gasteiger partial charge is 0.396 e. The van der Waals surface area contributed by atoms with Crippen molar-refractivity contribution >= 4 is 0 Å². The highest BCUT2D eigenvalue weighted by atomic mass is 16.3. The Kier molecular flexibility index (Phi) is 17.9. The maximum absolute atomic E-state index is 9.43. The summed E-state index contributed by atoms with van der Waals surface area (Å²) < 4.78 is 0. The zero-order valence-electron chi connectivity index (χ0n) is 14.5. The van der Waals surface area contributed by atoms with Gasteiger partial charge >= 0.3 is 0 Å². The number of hydrogen-bond acceptors (Lipinski definition) is 2. The van der Waals surface area contributed by atoms with Crippen LogP contribution in [0.4, 0.5) is 0 Å². The summed E-state index contributed by atoms with van der Waals surface area (Å²) in [5, 5.41) is 18.1. The minimum Gasteiger partial charge on any atom is -0.396 e. The minimum atomic E-state index is 0.348. The van der Waals surface area contributed by atoms with E-state index in [9.17, 15) is 5.11 Å². The molecule has 2 N–H and O–H groups in total. The molecule has 0 aliphatic rings. The Labute approximate surface area is 133 Å². The molecule has 0 spiro atoms. The summed E-state index contributed by atoms with van der Waals surface area (Å²) >= 11 is 0. The van der Waals surface area contributed by atoms with E-state index in [4.69, 9.17) is 5.11 Å². The lowest BCUT2D eigenvalue weighted by molar-refractivity contribution is 0.204. The van der Waals surface area contributed by atoms with Gasteiger partial charge in [-0.1, -0.05) is 84.0 Å². The Hall–Kier alpha value is -0.0800. The van der Waals surface area contributed by atoms with Crippen molar-refractivity contribution in [1.82, 2.24) is 0 Å². The molecule has 2 nitrogen and oxygen atoms in total. The lowest BCUT2D eigenvalue weighted by Crippen LogP contribution is -2.06. The molecule has 0 radical (unpaired) electrons. The molecule has 0 bridgehead atoms. The molecule has 0 aromatic heterocycles. The predicted octanol–water partition coefficient (Wildman–Crippen LogP) is 5.46. The summed E-state index contributed by atoms with van der Waals surface area (Å²) in [5.74, 6) is 0.552. The minimum absolute atomic E-state index is 0.348. The van der Waals surface area contributed by atoms with E-state index in [-0.39, 0.29) is 0 Å². The summed E-state index contributed by atoms with van der Waals surface area (Å²) in [6.45, 7) is 2.99. The number of unbranched alkanes of at least 4 members (excludes halogenated alkanes) is 11. The van der Waals surface area contributed by atoms with Crippen LogP contribution in [0.15, 0.2) is 0 Å². The smallest absolute Gasteiger partial charge is 0.0459 e. The van der Waals surface area contributed by atoms with Crippen molar-refractivity contribution in [2.75, 3.05) is 13.2 Å². The second-order valence-corrected chi connectivity index (χ2v) is 6.59. The van der Waals surface area contributed by atoms with Gasteiger partial charge in [0.05, 0.1) is 0 Å². The third-order valence-electron chi connectivity index (χ3n) is 4.49. The maximum Gasteiger partial charge on any atom is 0.0459 e. The second kappa shape index (κ2) is 18.0. The molecule has 0 aromatic rings. The predicted molar refractivity (Wildman–Crippen MR) is 92.6 cm³/mol. The second-order valence-electron chi connectivity index (χ2n) is 6.59. The summed E-state index contributed by atoms with van der Waals surface area (Å²) in [6.07, 6.45) is 19.2. The Morgan fingerprint density at radius 1 is 0.571 bits per heavy atom. The molecule has 0 aromatic carbocycles. The molecular weight excluding hydrogens is 260 g/mol. The van der Waals surface area contributed by atoms with E-state index in [1.165, 1.54) is 89.9 Å². The van der Waals surface area contributed by atoms with Crippen LogP contribution >= 0.6 is 0 Å². The highest BCUT2D eigenvalue weighted by Gasteiger charge is 2.06. The van der Waals surface area contributed by atoms with Crippen molar-refractivity contribution in [3.05, 3.63) is 0 Å². The average Bonchev–Trinajstić information content (AvgIpc) is 2.51. The van der Waals surface area contributed by atoms with E-state index in [1.54, 1.807) is 0 Å². The Morgan fingerprint density at radius 2 is 1.00 bits per heavy atom. The first-order valence-electron chi connectivity index (χ1n) is 9.56. The van der Waals surface area contributed by atoms with Gasteiger partial charge in [-0.3, -0.25) is 0 Å². The molecule has 0 fully saturated rings. The van der Waals surface area contributed by atoms with Gasteiger partial charge in [-0.25, -0.2) is 0 Å². The van der Waals surface area contributed by atoms with E-state index < -0.39 is 0 Å². The Bertz CT molecular complexity index is 182. The van der Waals surface area contributed by atoms with E-state index in [0.717, 1.165) is 6.42 Å². The van der Waals surface area contributed by atoms with Gasteiger partial charge in [0.2, 0.25) is 0 Å². The van der Waals surface area contributed by atoms with Crippen molar-refractivity contribution in [2.45, 2.75) is 103 Å². The van der Waals surface area contributed by atoms with Crippen molar-refractivity contribution < 1.29 is 10.2 Å². The van der Waals surface area contributed by atoms with Crippen LogP contribution < -0.4 is 0 Å². The molecule has 21 heavy (non-hydrogen) atoms. The molecule has 128 valence electrons. The van der Waals surface area contributed by atoms with E-state index >= 15 is 0 Å². The van der Waals surface area contributed by atoms with Crippen LogP contribution in [-0.2, 0) is 0 Å².